The van der Waals surface area contributed by atoms with E-state index in [0.29, 0.717) is 22.2 Å². The summed E-state index contributed by atoms with van der Waals surface area (Å²) in [5.41, 5.74) is 5.61. The third-order valence-corrected chi connectivity index (χ3v) is 3.13. The van der Waals surface area contributed by atoms with Crippen LogP contribution in [0.2, 0.25) is 0 Å². The van der Waals surface area contributed by atoms with Gasteiger partial charge in [-0.3, -0.25) is 14.8 Å². The van der Waals surface area contributed by atoms with Crippen molar-refractivity contribution in [3.63, 3.8) is 0 Å². The van der Waals surface area contributed by atoms with Crippen molar-refractivity contribution < 1.29 is 19.9 Å². The molecule has 2 radical (unpaired) electrons. The lowest BCUT2D eigenvalue weighted by molar-refractivity contribution is -0.124. The topological polar surface area (TPSA) is 111 Å². The van der Waals surface area contributed by atoms with Gasteiger partial charge in [0.25, 0.3) is 11.8 Å². The molecule has 8 heteroatoms. The number of rotatable bonds is 5. The van der Waals surface area contributed by atoms with E-state index in [1.54, 1.807) is 24.3 Å². The van der Waals surface area contributed by atoms with E-state index in [1.807, 2.05) is 0 Å². The Hall–Kier alpha value is -3.39. The number of amides is 2. The molecule has 2 aromatic carbocycles. The fourth-order valence-electron chi connectivity index (χ4n) is 1.89. The first-order chi connectivity index (χ1) is 12.0. The summed E-state index contributed by atoms with van der Waals surface area (Å²) in [4.78, 5) is 23.0. The molecule has 0 atom stereocenters. The summed E-state index contributed by atoms with van der Waals surface area (Å²) in [6.07, 6.45) is 3.89. The smallest absolute Gasteiger partial charge is 0.271 e. The Bertz CT molecular complexity index is 850. The van der Waals surface area contributed by atoms with Crippen LogP contribution in [0.5, 0.6) is 5.75 Å². The number of hydrogen-bond acceptors (Lipinski definition) is 5. The molecule has 124 valence electrons. The van der Waals surface area contributed by atoms with Crippen LogP contribution in [0.3, 0.4) is 0 Å². The second-order valence-corrected chi connectivity index (χ2v) is 4.95. The van der Waals surface area contributed by atoms with E-state index in [1.165, 1.54) is 36.0 Å². The molecule has 0 saturated carbocycles. The minimum absolute atomic E-state index is 0.0355. The summed E-state index contributed by atoms with van der Waals surface area (Å²) >= 11 is 0. The standard InChI is InChI=1S/C17H14BN3O4/c18-15-6-5-14(22)9-13(15)10-19-20-17(24)12-3-1-2-11(8-12)4-7-16(23)21-25/h1-10,22,25H,(H,20,24)(H,21,23)/b7-4+,19-10+. The number of phenolic OH excluding ortho intramolecular Hbond substituents is 1. The zero-order valence-corrected chi connectivity index (χ0v) is 13.0. The molecule has 2 rings (SSSR count). The zero-order valence-electron chi connectivity index (χ0n) is 13.0. The summed E-state index contributed by atoms with van der Waals surface area (Å²) in [6, 6.07) is 10.9. The van der Waals surface area contributed by atoms with Crippen molar-refractivity contribution >= 4 is 37.4 Å². The Morgan fingerprint density at radius 3 is 2.72 bits per heavy atom. The highest BCUT2D eigenvalue weighted by molar-refractivity contribution is 6.35. The Labute approximate surface area is 145 Å². The van der Waals surface area contributed by atoms with Crippen molar-refractivity contribution in [3.05, 3.63) is 65.2 Å². The molecule has 0 bridgehead atoms. The van der Waals surface area contributed by atoms with Crippen molar-refractivity contribution in [2.75, 3.05) is 0 Å². The van der Waals surface area contributed by atoms with Crippen LogP contribution in [0.1, 0.15) is 21.5 Å². The Balaban J connectivity index is 2.06. The average molecular weight is 335 g/mol. The van der Waals surface area contributed by atoms with Crippen molar-refractivity contribution in [2.24, 2.45) is 5.10 Å². The second-order valence-electron chi connectivity index (χ2n) is 4.95. The number of hydrogen-bond donors (Lipinski definition) is 4. The molecule has 0 aliphatic rings. The Morgan fingerprint density at radius 1 is 1.16 bits per heavy atom. The lowest BCUT2D eigenvalue weighted by Gasteiger charge is -2.03. The fraction of sp³-hybridized carbons (Fsp3) is 0. The molecular weight excluding hydrogens is 321 g/mol. The van der Waals surface area contributed by atoms with Gasteiger partial charge < -0.3 is 5.11 Å². The number of hydrazone groups is 1. The van der Waals surface area contributed by atoms with Crippen LogP contribution in [0.15, 0.2) is 53.6 Å². The minimum atomic E-state index is -0.678. The molecule has 0 spiro atoms. The summed E-state index contributed by atoms with van der Waals surface area (Å²) in [7, 11) is 5.73. The number of benzene rings is 2. The molecule has 0 saturated heterocycles. The molecule has 0 aliphatic carbocycles. The van der Waals surface area contributed by atoms with Crippen molar-refractivity contribution in [1.29, 1.82) is 0 Å². The monoisotopic (exact) mass is 335 g/mol. The highest BCUT2D eigenvalue weighted by Crippen LogP contribution is 2.08. The molecule has 25 heavy (non-hydrogen) atoms. The zero-order chi connectivity index (χ0) is 18.2. The maximum absolute atomic E-state index is 12.1. The molecule has 0 aliphatic heterocycles. The van der Waals surface area contributed by atoms with Gasteiger partial charge in [0.2, 0.25) is 0 Å². The predicted molar refractivity (Wildman–Crippen MR) is 94.0 cm³/mol. The lowest BCUT2D eigenvalue weighted by atomic mass is 9.91. The van der Waals surface area contributed by atoms with E-state index in [0.717, 1.165) is 6.08 Å². The number of carbonyl (C=O) groups is 2. The summed E-state index contributed by atoms with van der Waals surface area (Å²) < 4.78 is 0. The van der Waals surface area contributed by atoms with E-state index in [4.69, 9.17) is 13.1 Å². The van der Waals surface area contributed by atoms with Crippen LogP contribution in [-0.4, -0.2) is 36.2 Å². The summed E-state index contributed by atoms with van der Waals surface area (Å²) in [6.45, 7) is 0. The van der Waals surface area contributed by atoms with Crippen molar-refractivity contribution in [2.45, 2.75) is 0 Å². The maximum atomic E-state index is 12.1. The van der Waals surface area contributed by atoms with Gasteiger partial charge in [-0.15, -0.1) is 0 Å². The number of nitrogens with zero attached hydrogens (tertiary/aromatic N) is 1. The molecule has 2 aromatic rings. The lowest BCUT2D eigenvalue weighted by Crippen LogP contribution is -2.18. The summed E-state index contributed by atoms with van der Waals surface area (Å²) in [5.74, 6) is -1.10. The first kappa shape index (κ1) is 18.0. The number of aromatic hydroxyl groups is 1. The van der Waals surface area contributed by atoms with Gasteiger partial charge >= 0.3 is 0 Å². The van der Waals surface area contributed by atoms with Crippen molar-refractivity contribution in [1.82, 2.24) is 10.9 Å². The van der Waals surface area contributed by atoms with E-state index in [2.05, 4.69) is 10.5 Å². The van der Waals surface area contributed by atoms with Gasteiger partial charge in [0, 0.05) is 11.6 Å². The van der Waals surface area contributed by atoms with Gasteiger partial charge in [0.05, 0.1) is 6.21 Å². The SMILES string of the molecule is [B]c1ccc(O)cc1/C=N/NC(=O)c1cccc(/C=C/C(=O)NO)c1. The van der Waals surface area contributed by atoms with Gasteiger partial charge in [-0.25, -0.2) is 10.9 Å². The predicted octanol–water partition coefficient (Wildman–Crippen LogP) is 0.469. The highest BCUT2D eigenvalue weighted by Gasteiger charge is 2.04. The largest absolute Gasteiger partial charge is 0.508 e. The fourth-order valence-corrected chi connectivity index (χ4v) is 1.89. The number of hydroxylamine groups is 1. The van der Waals surface area contributed by atoms with E-state index in [9.17, 15) is 14.7 Å². The van der Waals surface area contributed by atoms with Gasteiger partial charge in [-0.1, -0.05) is 23.7 Å². The van der Waals surface area contributed by atoms with Gasteiger partial charge in [-0.2, -0.15) is 5.10 Å². The molecule has 7 nitrogen and oxygen atoms in total. The Kier molecular flexibility index (Phi) is 6.08. The van der Waals surface area contributed by atoms with Crippen molar-refractivity contribution in [3.8, 4) is 5.75 Å². The number of carbonyl (C=O) groups excluding carboxylic acids is 2. The molecule has 0 fully saturated rings. The van der Waals surface area contributed by atoms with Crippen LogP contribution < -0.4 is 16.4 Å². The van der Waals surface area contributed by atoms with Crippen LogP contribution in [-0.2, 0) is 4.79 Å². The average Bonchev–Trinajstić information content (AvgIpc) is 2.62. The maximum Gasteiger partial charge on any atom is 0.271 e. The first-order valence-electron chi connectivity index (χ1n) is 7.13. The molecule has 2 amide bonds. The van der Waals surface area contributed by atoms with Gasteiger partial charge in [0.15, 0.2) is 0 Å². The van der Waals surface area contributed by atoms with Crippen LogP contribution in [0.25, 0.3) is 6.08 Å². The molecule has 0 aromatic heterocycles. The number of nitrogens with one attached hydrogen (secondary N) is 2. The molecule has 4 N–H and O–H groups in total. The quantitative estimate of drug-likeness (QED) is 0.209. The highest BCUT2D eigenvalue weighted by atomic mass is 16.5. The second kappa shape index (κ2) is 8.46. The van der Waals surface area contributed by atoms with Crippen LogP contribution in [0.4, 0.5) is 0 Å². The van der Waals surface area contributed by atoms with Gasteiger partial charge in [-0.05, 0) is 41.5 Å². The molecule has 0 unspecified atom stereocenters. The molecular formula is C17H14BN3O4. The van der Waals surface area contributed by atoms with Crippen LogP contribution >= 0.6 is 0 Å². The van der Waals surface area contributed by atoms with E-state index < -0.39 is 11.8 Å². The Morgan fingerprint density at radius 2 is 1.96 bits per heavy atom. The third-order valence-electron chi connectivity index (χ3n) is 3.13. The van der Waals surface area contributed by atoms with E-state index >= 15 is 0 Å². The third kappa shape index (κ3) is 5.33. The van der Waals surface area contributed by atoms with Gasteiger partial charge in [0.1, 0.15) is 13.6 Å². The summed E-state index contributed by atoms with van der Waals surface area (Å²) in [5, 5.41) is 21.6. The van der Waals surface area contributed by atoms with Crippen LogP contribution in [0, 0.1) is 0 Å². The molecule has 0 heterocycles. The van der Waals surface area contributed by atoms with E-state index in [-0.39, 0.29) is 5.75 Å². The number of phenols is 1. The first-order valence-corrected chi connectivity index (χ1v) is 7.13. The normalized spacial score (nSPS) is 10.9. The minimum Gasteiger partial charge on any atom is -0.508 e.